The first-order chi connectivity index (χ1) is 13.5. The lowest BCUT2D eigenvalue weighted by Gasteiger charge is -2.37. The quantitative estimate of drug-likeness (QED) is 0.785. The van der Waals surface area contributed by atoms with Crippen molar-refractivity contribution in [3.63, 3.8) is 0 Å². The van der Waals surface area contributed by atoms with Gasteiger partial charge in [0.15, 0.2) is 0 Å². The molecule has 1 heterocycles. The van der Waals surface area contributed by atoms with Crippen molar-refractivity contribution >= 4 is 29.1 Å². The number of hydrogen-bond acceptors (Lipinski definition) is 3. The van der Waals surface area contributed by atoms with Gasteiger partial charge in [-0.1, -0.05) is 41.9 Å². The fraction of sp³-hybridized carbons (Fsp3) is 0.364. The Morgan fingerprint density at radius 1 is 1.00 bits per heavy atom. The Morgan fingerprint density at radius 3 is 2.43 bits per heavy atom. The summed E-state index contributed by atoms with van der Waals surface area (Å²) in [6, 6.07) is 13.7. The first-order valence-corrected chi connectivity index (χ1v) is 9.92. The largest absolute Gasteiger partial charge is 0.368 e. The number of carbonyl (C=O) groups is 2. The molecule has 0 spiro atoms. The predicted molar refractivity (Wildman–Crippen MR) is 113 cm³/mol. The summed E-state index contributed by atoms with van der Waals surface area (Å²) < 4.78 is 0. The molecule has 2 aromatic rings. The zero-order valence-electron chi connectivity index (χ0n) is 16.4. The maximum absolute atomic E-state index is 12.5. The minimum Gasteiger partial charge on any atom is -0.368 e. The van der Waals surface area contributed by atoms with Crippen molar-refractivity contribution in [3.05, 3.63) is 64.2 Å². The molecule has 0 atom stereocenters. The normalized spacial score (nSPS) is 14.1. The molecule has 1 N–H and O–H groups in total. The molecule has 1 fully saturated rings. The van der Waals surface area contributed by atoms with Crippen LogP contribution in [0, 0.1) is 13.8 Å². The van der Waals surface area contributed by atoms with Gasteiger partial charge in [0.1, 0.15) is 6.42 Å². The van der Waals surface area contributed by atoms with Crippen LogP contribution in [0.25, 0.3) is 0 Å². The minimum atomic E-state index is -0.276. The summed E-state index contributed by atoms with van der Waals surface area (Å²) in [5.74, 6) is -0.404. The molecule has 2 amide bonds. The fourth-order valence-electron chi connectivity index (χ4n) is 3.42. The Labute approximate surface area is 171 Å². The maximum Gasteiger partial charge on any atom is 0.232 e. The van der Waals surface area contributed by atoms with Crippen molar-refractivity contribution in [2.45, 2.75) is 26.8 Å². The van der Waals surface area contributed by atoms with Crippen molar-refractivity contribution in [3.8, 4) is 0 Å². The molecule has 2 aromatic carbocycles. The summed E-state index contributed by atoms with van der Waals surface area (Å²) in [6.07, 6.45) is -0.131. The van der Waals surface area contributed by atoms with Crippen LogP contribution in [-0.2, 0) is 16.1 Å². The van der Waals surface area contributed by atoms with Gasteiger partial charge in [0.2, 0.25) is 11.8 Å². The van der Waals surface area contributed by atoms with Crippen LogP contribution >= 0.6 is 11.6 Å². The monoisotopic (exact) mass is 399 g/mol. The second kappa shape index (κ2) is 9.11. The molecule has 5 nitrogen and oxygen atoms in total. The summed E-state index contributed by atoms with van der Waals surface area (Å²) in [5, 5.41) is 3.38. The third-order valence-corrected chi connectivity index (χ3v) is 5.66. The number of amides is 2. The molecule has 6 heteroatoms. The van der Waals surface area contributed by atoms with Gasteiger partial charge in [0, 0.05) is 43.4 Å². The van der Waals surface area contributed by atoms with E-state index in [2.05, 4.69) is 42.3 Å². The van der Waals surface area contributed by atoms with E-state index in [1.807, 2.05) is 18.2 Å². The molecule has 0 saturated carbocycles. The first kappa shape index (κ1) is 20.2. The van der Waals surface area contributed by atoms with E-state index in [9.17, 15) is 9.59 Å². The summed E-state index contributed by atoms with van der Waals surface area (Å²) in [5.41, 5.74) is 4.61. The van der Waals surface area contributed by atoms with E-state index in [1.165, 1.54) is 16.8 Å². The lowest BCUT2D eigenvalue weighted by molar-refractivity contribution is -0.136. The third-order valence-electron chi connectivity index (χ3n) is 5.29. The average molecular weight is 400 g/mol. The Bertz CT molecular complexity index is 861. The standard InChI is InChI=1S/C22H26ClN3O2/c1-16-6-5-9-20(17(16)2)25-10-12-26(13-11-25)22(28)14-21(27)24-15-18-7-3-4-8-19(18)23/h3-9H,10-15H2,1-2H3,(H,24,27). The number of carbonyl (C=O) groups excluding carboxylic acids is 2. The van der Waals surface area contributed by atoms with E-state index in [-0.39, 0.29) is 18.2 Å². The molecule has 1 saturated heterocycles. The zero-order valence-corrected chi connectivity index (χ0v) is 17.1. The molecular weight excluding hydrogens is 374 g/mol. The van der Waals surface area contributed by atoms with Crippen LogP contribution in [0.4, 0.5) is 5.69 Å². The summed E-state index contributed by atoms with van der Waals surface area (Å²) in [6.45, 7) is 7.38. The number of aryl methyl sites for hydroxylation is 1. The number of hydrogen-bond donors (Lipinski definition) is 1. The Hall–Kier alpha value is -2.53. The smallest absolute Gasteiger partial charge is 0.232 e. The minimum absolute atomic E-state index is 0.128. The van der Waals surface area contributed by atoms with Gasteiger partial charge in [-0.3, -0.25) is 9.59 Å². The highest BCUT2D eigenvalue weighted by Crippen LogP contribution is 2.24. The number of nitrogens with one attached hydrogen (secondary N) is 1. The van der Waals surface area contributed by atoms with Crippen LogP contribution in [0.3, 0.4) is 0 Å². The van der Waals surface area contributed by atoms with Crippen molar-refractivity contribution in [1.29, 1.82) is 0 Å². The second-order valence-electron chi connectivity index (χ2n) is 7.13. The molecule has 0 radical (unpaired) electrons. The summed E-state index contributed by atoms with van der Waals surface area (Å²) in [7, 11) is 0. The van der Waals surface area contributed by atoms with Crippen LogP contribution in [0.5, 0.6) is 0 Å². The molecular formula is C22H26ClN3O2. The lowest BCUT2D eigenvalue weighted by Crippen LogP contribution is -2.49. The summed E-state index contributed by atoms with van der Waals surface area (Å²) >= 11 is 6.09. The highest BCUT2D eigenvalue weighted by molar-refractivity contribution is 6.31. The van der Waals surface area contributed by atoms with E-state index in [4.69, 9.17) is 11.6 Å². The highest BCUT2D eigenvalue weighted by Gasteiger charge is 2.23. The maximum atomic E-state index is 12.5. The Morgan fingerprint density at radius 2 is 1.71 bits per heavy atom. The van der Waals surface area contributed by atoms with Crippen LogP contribution in [0.1, 0.15) is 23.1 Å². The molecule has 1 aliphatic heterocycles. The number of nitrogens with zero attached hydrogens (tertiary/aromatic N) is 2. The van der Waals surface area contributed by atoms with Crippen LogP contribution in [0.15, 0.2) is 42.5 Å². The van der Waals surface area contributed by atoms with Gasteiger partial charge in [-0.15, -0.1) is 0 Å². The van der Waals surface area contributed by atoms with Crippen molar-refractivity contribution < 1.29 is 9.59 Å². The lowest BCUT2D eigenvalue weighted by atomic mass is 10.1. The molecule has 0 unspecified atom stereocenters. The van der Waals surface area contributed by atoms with Gasteiger partial charge in [0.25, 0.3) is 0 Å². The van der Waals surface area contributed by atoms with Gasteiger partial charge >= 0.3 is 0 Å². The van der Waals surface area contributed by atoms with Gasteiger partial charge < -0.3 is 15.1 Å². The number of anilines is 1. The average Bonchev–Trinajstić information content (AvgIpc) is 2.69. The van der Waals surface area contributed by atoms with Crippen LogP contribution < -0.4 is 10.2 Å². The van der Waals surface area contributed by atoms with Crippen molar-refractivity contribution in [1.82, 2.24) is 10.2 Å². The van der Waals surface area contributed by atoms with Gasteiger partial charge in [-0.05, 0) is 42.7 Å². The zero-order chi connectivity index (χ0) is 20.1. The number of halogens is 1. The van der Waals surface area contributed by atoms with E-state index >= 15 is 0 Å². The van der Waals surface area contributed by atoms with Crippen molar-refractivity contribution in [2.75, 3.05) is 31.1 Å². The fourth-order valence-corrected chi connectivity index (χ4v) is 3.62. The van der Waals surface area contributed by atoms with Gasteiger partial charge in [-0.2, -0.15) is 0 Å². The van der Waals surface area contributed by atoms with Gasteiger partial charge in [-0.25, -0.2) is 0 Å². The second-order valence-corrected chi connectivity index (χ2v) is 7.54. The van der Waals surface area contributed by atoms with Gasteiger partial charge in [0.05, 0.1) is 0 Å². The van der Waals surface area contributed by atoms with E-state index in [1.54, 1.807) is 11.0 Å². The molecule has 28 heavy (non-hydrogen) atoms. The van der Waals surface area contributed by atoms with E-state index < -0.39 is 0 Å². The third kappa shape index (κ3) is 4.84. The SMILES string of the molecule is Cc1cccc(N2CCN(C(=O)CC(=O)NCc3ccccc3Cl)CC2)c1C. The Balaban J connectivity index is 1.48. The first-order valence-electron chi connectivity index (χ1n) is 9.54. The van der Waals surface area contributed by atoms with Crippen LogP contribution in [-0.4, -0.2) is 42.9 Å². The molecule has 0 bridgehead atoms. The van der Waals surface area contributed by atoms with Crippen molar-refractivity contribution in [2.24, 2.45) is 0 Å². The predicted octanol–water partition coefficient (Wildman–Crippen LogP) is 3.31. The molecule has 0 aromatic heterocycles. The van der Waals surface area contributed by atoms with Crippen LogP contribution in [0.2, 0.25) is 5.02 Å². The summed E-state index contributed by atoms with van der Waals surface area (Å²) in [4.78, 5) is 28.7. The highest BCUT2D eigenvalue weighted by atomic mass is 35.5. The van der Waals surface area contributed by atoms with E-state index in [0.29, 0.717) is 24.7 Å². The topological polar surface area (TPSA) is 52.7 Å². The number of rotatable bonds is 5. The molecule has 148 valence electrons. The number of piperazine rings is 1. The molecule has 3 rings (SSSR count). The Kier molecular flexibility index (Phi) is 6.57. The molecule has 0 aliphatic carbocycles. The number of benzene rings is 2. The molecule has 1 aliphatic rings. The van der Waals surface area contributed by atoms with E-state index in [0.717, 1.165) is 18.7 Å².